The van der Waals surface area contributed by atoms with E-state index in [0.29, 0.717) is 18.7 Å². The summed E-state index contributed by atoms with van der Waals surface area (Å²) in [7, 11) is 0. The molecule has 1 N–H and O–H groups in total. The first kappa shape index (κ1) is 25.5. The van der Waals surface area contributed by atoms with Crippen LogP contribution in [-0.4, -0.2) is 48.0 Å². The molecule has 0 saturated heterocycles. The number of fused-ring (bicyclic) bond motifs is 5. The van der Waals surface area contributed by atoms with E-state index >= 15 is 0 Å². The van der Waals surface area contributed by atoms with E-state index in [9.17, 15) is 14.7 Å². The van der Waals surface area contributed by atoms with Crippen molar-refractivity contribution in [3.05, 3.63) is 94.2 Å². The molecule has 1 unspecified atom stereocenters. The third-order valence-corrected chi connectivity index (χ3v) is 8.96. The predicted molar refractivity (Wildman–Crippen MR) is 157 cm³/mol. The van der Waals surface area contributed by atoms with Gasteiger partial charge in [-0.3, -0.25) is 9.59 Å². The number of aliphatic carboxylic acids is 1. The molecule has 0 fully saturated rings. The van der Waals surface area contributed by atoms with Gasteiger partial charge in [0.2, 0.25) is 0 Å². The predicted octanol–water partition coefficient (Wildman–Crippen LogP) is 5.68. The lowest BCUT2D eigenvalue weighted by Crippen LogP contribution is -2.36. The first-order chi connectivity index (χ1) is 20.0. The molecule has 8 heteroatoms. The summed E-state index contributed by atoms with van der Waals surface area (Å²) in [6.07, 6.45) is 5.92. The average Bonchev–Trinajstić information content (AvgIpc) is 3.59. The normalized spacial score (nSPS) is 17.6. The summed E-state index contributed by atoms with van der Waals surface area (Å²) >= 11 is 0. The van der Waals surface area contributed by atoms with E-state index < -0.39 is 5.97 Å². The highest BCUT2D eigenvalue weighted by Crippen LogP contribution is 2.35. The van der Waals surface area contributed by atoms with E-state index in [2.05, 4.69) is 45.3 Å². The minimum absolute atomic E-state index is 0.0262. The molecular formula is C33H33N5O3. The van der Waals surface area contributed by atoms with Gasteiger partial charge in [-0.05, 0) is 90.1 Å². The van der Waals surface area contributed by atoms with Crippen LogP contribution in [-0.2, 0) is 30.8 Å². The van der Waals surface area contributed by atoms with E-state index in [1.807, 2.05) is 46.8 Å². The average molecular weight is 548 g/mol. The van der Waals surface area contributed by atoms with Gasteiger partial charge in [-0.2, -0.15) is 0 Å². The van der Waals surface area contributed by atoms with Gasteiger partial charge in [0, 0.05) is 49.4 Å². The van der Waals surface area contributed by atoms with Crippen LogP contribution < -0.4 is 0 Å². The minimum atomic E-state index is -0.849. The fourth-order valence-corrected chi connectivity index (χ4v) is 6.69. The molecule has 0 spiro atoms. The molecule has 41 heavy (non-hydrogen) atoms. The largest absolute Gasteiger partial charge is 0.481 e. The zero-order chi connectivity index (χ0) is 28.1. The van der Waals surface area contributed by atoms with E-state index in [4.69, 9.17) is 0 Å². The summed E-state index contributed by atoms with van der Waals surface area (Å²) in [4.78, 5) is 27.7. The number of carboxylic acids is 1. The molecular weight excluding hydrogens is 514 g/mol. The van der Waals surface area contributed by atoms with E-state index in [0.717, 1.165) is 83.0 Å². The standard InChI is InChI=1S/C33H33N5O3/c1-21-27-9-10-29-32(21)34-35-38(29)14-4-2-3-13-36-15-12-23-6-8-25(18-30(23)36)33(41)37-16-11-22-5-7-24(17-26(22)20-37)28(27)19-31(39)40/h5-10,12,15,17-18,28H,2-4,11,13-14,16,19-20H2,1H3,(H,39,40). The number of benzene rings is 3. The second kappa shape index (κ2) is 10.2. The van der Waals surface area contributed by atoms with Crippen LogP contribution in [0.4, 0.5) is 0 Å². The quantitative estimate of drug-likeness (QED) is 0.307. The van der Waals surface area contributed by atoms with E-state index in [-0.39, 0.29) is 18.2 Å². The maximum atomic E-state index is 13.7. The van der Waals surface area contributed by atoms with Gasteiger partial charge < -0.3 is 14.6 Å². The monoisotopic (exact) mass is 547 g/mol. The number of rotatable bonds is 2. The number of amides is 1. The fourth-order valence-electron chi connectivity index (χ4n) is 6.69. The van der Waals surface area contributed by atoms with Crippen LogP contribution in [0.25, 0.3) is 21.9 Å². The summed E-state index contributed by atoms with van der Waals surface area (Å²) in [5.74, 6) is -1.14. The van der Waals surface area contributed by atoms with Crippen LogP contribution in [0.5, 0.6) is 0 Å². The SMILES string of the molecule is Cc1c2ccc3c1nnn3CCCCCn1ccc3ccc(cc31)C(=O)N1CCc3ccc(cc3C1)C2CC(=O)O. The molecule has 2 aromatic heterocycles. The molecule has 8 rings (SSSR count). The van der Waals surface area contributed by atoms with Crippen molar-refractivity contribution in [1.82, 2.24) is 24.5 Å². The number of hydrogen-bond donors (Lipinski definition) is 1. The molecule has 5 aromatic rings. The second-order valence-corrected chi connectivity index (χ2v) is 11.5. The molecule has 3 aromatic carbocycles. The van der Waals surface area contributed by atoms with Crippen LogP contribution in [0.15, 0.2) is 60.8 Å². The molecule has 8 nitrogen and oxygen atoms in total. The molecule has 0 radical (unpaired) electrons. The smallest absolute Gasteiger partial charge is 0.304 e. The van der Waals surface area contributed by atoms with Gasteiger partial charge in [-0.25, -0.2) is 4.68 Å². The van der Waals surface area contributed by atoms with Crippen molar-refractivity contribution in [2.45, 2.75) is 64.6 Å². The Morgan fingerprint density at radius 2 is 1.83 bits per heavy atom. The van der Waals surface area contributed by atoms with Crippen molar-refractivity contribution < 1.29 is 14.7 Å². The highest BCUT2D eigenvalue weighted by atomic mass is 16.4. The molecule has 0 aliphatic carbocycles. The second-order valence-electron chi connectivity index (χ2n) is 11.5. The first-order valence-corrected chi connectivity index (χ1v) is 14.5. The third-order valence-electron chi connectivity index (χ3n) is 8.96. The van der Waals surface area contributed by atoms with Crippen LogP contribution in [0.3, 0.4) is 0 Å². The van der Waals surface area contributed by atoms with Gasteiger partial charge in [0.1, 0.15) is 5.52 Å². The Hall–Kier alpha value is -4.46. The summed E-state index contributed by atoms with van der Waals surface area (Å²) in [6.45, 7) is 4.86. The first-order valence-electron chi connectivity index (χ1n) is 14.5. The summed E-state index contributed by atoms with van der Waals surface area (Å²) in [5, 5.41) is 20.0. The van der Waals surface area contributed by atoms with E-state index in [1.54, 1.807) is 0 Å². The minimum Gasteiger partial charge on any atom is -0.481 e. The van der Waals surface area contributed by atoms with Crippen LogP contribution >= 0.6 is 0 Å². The molecule has 208 valence electrons. The number of carbonyl (C=O) groups excluding carboxylic acids is 1. The lowest BCUT2D eigenvalue weighted by molar-refractivity contribution is -0.137. The molecule has 9 bridgehead atoms. The number of carbonyl (C=O) groups is 2. The van der Waals surface area contributed by atoms with Crippen LogP contribution in [0, 0.1) is 6.92 Å². The topological polar surface area (TPSA) is 93.3 Å². The highest BCUT2D eigenvalue weighted by Gasteiger charge is 2.26. The zero-order valence-corrected chi connectivity index (χ0v) is 23.2. The van der Waals surface area contributed by atoms with Crippen LogP contribution in [0.2, 0.25) is 0 Å². The van der Waals surface area contributed by atoms with Crippen molar-refractivity contribution in [2.24, 2.45) is 0 Å². The Morgan fingerprint density at radius 1 is 0.951 bits per heavy atom. The molecule has 5 heterocycles. The lowest BCUT2D eigenvalue weighted by atomic mass is 9.83. The van der Waals surface area contributed by atoms with Crippen molar-refractivity contribution in [2.75, 3.05) is 6.54 Å². The van der Waals surface area contributed by atoms with Crippen molar-refractivity contribution in [3.63, 3.8) is 0 Å². The Bertz CT molecular complexity index is 1820. The Balaban J connectivity index is 1.33. The number of aromatic nitrogens is 4. The van der Waals surface area contributed by atoms with Gasteiger partial charge in [0.05, 0.1) is 11.9 Å². The Kier molecular flexibility index (Phi) is 6.33. The van der Waals surface area contributed by atoms with Crippen LogP contribution in [0.1, 0.15) is 69.8 Å². The lowest BCUT2D eigenvalue weighted by Gasteiger charge is -2.30. The molecule has 1 atom stereocenters. The summed E-state index contributed by atoms with van der Waals surface area (Å²) in [5.41, 5.74) is 8.77. The van der Waals surface area contributed by atoms with Crippen molar-refractivity contribution >= 4 is 33.8 Å². The van der Waals surface area contributed by atoms with Gasteiger partial charge in [-0.15, -0.1) is 5.10 Å². The fraction of sp³-hybridized carbons (Fsp3) is 0.333. The summed E-state index contributed by atoms with van der Waals surface area (Å²) in [6, 6.07) is 18.5. The highest BCUT2D eigenvalue weighted by molar-refractivity contribution is 5.98. The van der Waals surface area contributed by atoms with Gasteiger partial charge in [0.15, 0.2) is 0 Å². The number of hydrogen-bond acceptors (Lipinski definition) is 4. The van der Waals surface area contributed by atoms with E-state index in [1.165, 1.54) is 5.56 Å². The molecule has 3 aliphatic heterocycles. The number of carboxylic acid groups (broad SMARTS) is 1. The zero-order valence-electron chi connectivity index (χ0n) is 23.2. The molecule has 3 aliphatic rings. The third kappa shape index (κ3) is 4.57. The van der Waals surface area contributed by atoms with Gasteiger partial charge >= 0.3 is 5.97 Å². The summed E-state index contributed by atoms with van der Waals surface area (Å²) < 4.78 is 4.22. The van der Waals surface area contributed by atoms with Crippen molar-refractivity contribution in [1.29, 1.82) is 0 Å². The maximum absolute atomic E-state index is 13.7. The molecule has 0 saturated carbocycles. The number of aryl methyl sites for hydroxylation is 3. The maximum Gasteiger partial charge on any atom is 0.304 e. The van der Waals surface area contributed by atoms with Gasteiger partial charge in [-0.1, -0.05) is 35.5 Å². The Morgan fingerprint density at radius 3 is 2.71 bits per heavy atom. The number of nitrogens with zero attached hydrogens (tertiary/aromatic N) is 5. The van der Waals surface area contributed by atoms with Crippen molar-refractivity contribution in [3.8, 4) is 0 Å². The molecule has 1 amide bonds. The Labute approximate surface area is 238 Å². The van der Waals surface area contributed by atoms with Gasteiger partial charge in [0.25, 0.3) is 5.91 Å².